The summed E-state index contributed by atoms with van der Waals surface area (Å²) in [5, 5.41) is 10.5. The third-order valence-electron chi connectivity index (χ3n) is 5.27. The molecular formula is C21H20N4OS2. The Labute approximate surface area is 170 Å². The molecule has 5 nitrogen and oxygen atoms in total. The molecule has 4 aromatic rings. The number of aryl methyl sites for hydroxylation is 1. The number of para-hydroxylation sites is 1. The van der Waals surface area contributed by atoms with E-state index in [-0.39, 0.29) is 5.56 Å². The molecule has 1 aliphatic carbocycles. The maximum absolute atomic E-state index is 13.6. The van der Waals surface area contributed by atoms with Crippen molar-refractivity contribution >= 4 is 39.1 Å². The summed E-state index contributed by atoms with van der Waals surface area (Å²) in [7, 11) is 0. The van der Waals surface area contributed by atoms with Gasteiger partial charge in [-0.3, -0.25) is 4.79 Å². The average molecular weight is 409 g/mol. The Balaban J connectivity index is 1.91. The van der Waals surface area contributed by atoms with E-state index in [9.17, 15) is 4.79 Å². The number of thiophene rings is 1. The molecule has 1 atom stereocenters. The lowest BCUT2D eigenvalue weighted by Crippen LogP contribution is -2.22. The van der Waals surface area contributed by atoms with Crippen LogP contribution >= 0.6 is 23.1 Å². The maximum Gasteiger partial charge on any atom is 0.268 e. The molecule has 0 N–H and O–H groups in total. The molecule has 0 saturated heterocycles. The van der Waals surface area contributed by atoms with Crippen LogP contribution in [0.25, 0.3) is 21.7 Å². The molecule has 28 heavy (non-hydrogen) atoms. The Morgan fingerprint density at radius 1 is 1.32 bits per heavy atom. The quantitative estimate of drug-likeness (QED) is 0.369. The summed E-state index contributed by atoms with van der Waals surface area (Å²) in [5.41, 5.74) is 2.05. The van der Waals surface area contributed by atoms with Gasteiger partial charge in [-0.25, -0.2) is 8.97 Å². The summed E-state index contributed by atoms with van der Waals surface area (Å²) in [6.07, 6.45) is 4.99. The van der Waals surface area contributed by atoms with Gasteiger partial charge in [-0.05, 0) is 42.9 Å². The molecule has 1 aromatic carbocycles. The molecule has 0 unspecified atom stereocenters. The van der Waals surface area contributed by atoms with E-state index in [1.807, 2.05) is 36.4 Å². The van der Waals surface area contributed by atoms with Crippen molar-refractivity contribution in [3.8, 4) is 5.69 Å². The number of aromatic nitrogens is 4. The van der Waals surface area contributed by atoms with Gasteiger partial charge in [-0.15, -0.1) is 28.1 Å². The highest BCUT2D eigenvalue weighted by atomic mass is 32.2. The highest BCUT2D eigenvalue weighted by Crippen LogP contribution is 2.38. The topological polar surface area (TPSA) is 52.2 Å². The van der Waals surface area contributed by atoms with Gasteiger partial charge in [0.05, 0.1) is 11.1 Å². The zero-order valence-electron chi connectivity index (χ0n) is 15.6. The molecule has 3 aromatic heterocycles. The van der Waals surface area contributed by atoms with Crippen LogP contribution in [0.15, 0.2) is 52.9 Å². The van der Waals surface area contributed by atoms with Crippen LogP contribution in [0.2, 0.25) is 0 Å². The lowest BCUT2D eigenvalue weighted by Gasteiger charge is -2.17. The second-order valence-corrected chi connectivity index (χ2v) is 9.30. The Hall–Kier alpha value is -2.38. The lowest BCUT2D eigenvalue weighted by molar-refractivity contribution is 0.509. The molecule has 142 valence electrons. The van der Waals surface area contributed by atoms with E-state index < -0.39 is 0 Å². The highest BCUT2D eigenvalue weighted by Gasteiger charge is 2.27. The molecule has 1 aliphatic rings. The first-order valence-electron chi connectivity index (χ1n) is 9.42. The van der Waals surface area contributed by atoms with E-state index >= 15 is 0 Å². The summed E-state index contributed by atoms with van der Waals surface area (Å²) >= 11 is 3.32. The van der Waals surface area contributed by atoms with E-state index in [1.165, 1.54) is 10.4 Å². The summed E-state index contributed by atoms with van der Waals surface area (Å²) in [4.78, 5) is 16.0. The Morgan fingerprint density at radius 3 is 2.93 bits per heavy atom. The van der Waals surface area contributed by atoms with Gasteiger partial charge in [0, 0.05) is 10.6 Å². The Kier molecular flexibility index (Phi) is 4.36. The van der Waals surface area contributed by atoms with Gasteiger partial charge >= 0.3 is 0 Å². The van der Waals surface area contributed by atoms with Gasteiger partial charge in [-0.2, -0.15) is 0 Å². The summed E-state index contributed by atoms with van der Waals surface area (Å²) in [5.74, 6) is 1.97. The number of hydrogen-bond donors (Lipinski definition) is 0. The van der Waals surface area contributed by atoms with Crippen molar-refractivity contribution in [2.24, 2.45) is 5.92 Å². The fraction of sp³-hybridized carbons (Fsp3) is 0.286. The molecule has 0 bridgehead atoms. The second-order valence-electron chi connectivity index (χ2n) is 7.23. The van der Waals surface area contributed by atoms with Crippen LogP contribution in [0.3, 0.4) is 0 Å². The van der Waals surface area contributed by atoms with Gasteiger partial charge in [0.15, 0.2) is 5.16 Å². The molecule has 3 heterocycles. The zero-order chi connectivity index (χ0) is 19.3. The van der Waals surface area contributed by atoms with E-state index in [2.05, 4.69) is 28.1 Å². The molecule has 5 rings (SSSR count). The van der Waals surface area contributed by atoms with Gasteiger partial charge in [-0.1, -0.05) is 43.0 Å². The summed E-state index contributed by atoms with van der Waals surface area (Å²) < 4.78 is 3.77. The van der Waals surface area contributed by atoms with E-state index in [4.69, 9.17) is 0 Å². The van der Waals surface area contributed by atoms with Crippen LogP contribution in [0, 0.1) is 5.92 Å². The van der Waals surface area contributed by atoms with Crippen LogP contribution in [0.5, 0.6) is 0 Å². The van der Waals surface area contributed by atoms with Gasteiger partial charge in [0.2, 0.25) is 5.78 Å². The van der Waals surface area contributed by atoms with Crippen molar-refractivity contribution in [1.82, 2.24) is 19.2 Å². The first-order chi connectivity index (χ1) is 13.7. The zero-order valence-corrected chi connectivity index (χ0v) is 17.2. The van der Waals surface area contributed by atoms with Crippen LogP contribution < -0.4 is 5.56 Å². The first kappa shape index (κ1) is 17.7. The second kappa shape index (κ2) is 6.90. The van der Waals surface area contributed by atoms with Crippen molar-refractivity contribution in [2.45, 2.75) is 31.3 Å². The normalized spacial score (nSPS) is 16.5. The SMILES string of the molecule is C=CCSc1nnc2n(-c3ccccc3)c(=O)c3c4c(sc3n12)C[C@@H](C)CC4. The van der Waals surface area contributed by atoms with Crippen molar-refractivity contribution < 1.29 is 0 Å². The van der Waals surface area contributed by atoms with Crippen molar-refractivity contribution in [3.05, 3.63) is 63.8 Å². The fourth-order valence-electron chi connectivity index (χ4n) is 3.94. The first-order valence-corrected chi connectivity index (χ1v) is 11.2. The number of thioether (sulfide) groups is 1. The van der Waals surface area contributed by atoms with Gasteiger partial charge in [0.1, 0.15) is 4.83 Å². The van der Waals surface area contributed by atoms with Crippen molar-refractivity contribution in [2.75, 3.05) is 5.75 Å². The smallest absolute Gasteiger partial charge is 0.268 e. The Bertz CT molecular complexity index is 1250. The standard InChI is InChI=1S/C21H20N4OS2/c1-3-11-27-21-23-22-20-24(14-7-5-4-6-8-14)18(26)17-15-10-9-13(2)12-16(15)28-19(17)25(20)21/h3-8,13H,1,9-12H2,2H3/t13-/m0/s1. The fourth-order valence-corrected chi connectivity index (χ4v) is 6.16. The van der Waals surface area contributed by atoms with E-state index in [0.717, 1.165) is 46.1 Å². The average Bonchev–Trinajstić information content (AvgIpc) is 3.28. The molecule has 0 radical (unpaired) electrons. The predicted molar refractivity (Wildman–Crippen MR) is 116 cm³/mol. The minimum Gasteiger partial charge on any atom is -0.268 e. The molecular weight excluding hydrogens is 388 g/mol. The highest BCUT2D eigenvalue weighted by molar-refractivity contribution is 7.99. The van der Waals surface area contributed by atoms with Crippen LogP contribution in [0.1, 0.15) is 23.8 Å². The number of fused-ring (bicyclic) bond motifs is 5. The summed E-state index contributed by atoms with van der Waals surface area (Å²) in [6.45, 7) is 6.10. The van der Waals surface area contributed by atoms with E-state index in [0.29, 0.717) is 11.7 Å². The number of rotatable bonds is 4. The van der Waals surface area contributed by atoms with Crippen molar-refractivity contribution in [3.63, 3.8) is 0 Å². The molecule has 0 spiro atoms. The lowest BCUT2D eigenvalue weighted by atomic mass is 9.89. The van der Waals surface area contributed by atoms with Crippen molar-refractivity contribution in [1.29, 1.82) is 0 Å². The monoisotopic (exact) mass is 408 g/mol. The third kappa shape index (κ3) is 2.64. The minimum absolute atomic E-state index is 0.00780. The summed E-state index contributed by atoms with van der Waals surface area (Å²) in [6, 6.07) is 9.72. The maximum atomic E-state index is 13.6. The van der Waals surface area contributed by atoms with Crippen LogP contribution in [-0.2, 0) is 12.8 Å². The van der Waals surface area contributed by atoms with Crippen LogP contribution in [0.4, 0.5) is 0 Å². The van der Waals surface area contributed by atoms with E-state index in [1.54, 1.807) is 27.7 Å². The number of benzene rings is 1. The third-order valence-corrected chi connectivity index (χ3v) is 7.44. The predicted octanol–water partition coefficient (Wildman–Crippen LogP) is 4.50. The van der Waals surface area contributed by atoms with Gasteiger partial charge < -0.3 is 0 Å². The molecule has 0 amide bonds. The Morgan fingerprint density at radius 2 is 2.14 bits per heavy atom. The van der Waals surface area contributed by atoms with Crippen LogP contribution in [-0.4, -0.2) is 24.9 Å². The number of hydrogen-bond acceptors (Lipinski definition) is 5. The molecule has 0 saturated carbocycles. The molecule has 0 fully saturated rings. The molecule has 0 aliphatic heterocycles. The largest absolute Gasteiger partial charge is 0.268 e. The van der Waals surface area contributed by atoms with Gasteiger partial charge in [0.25, 0.3) is 5.56 Å². The molecule has 7 heteroatoms. The number of nitrogens with zero attached hydrogens (tertiary/aromatic N) is 4. The minimum atomic E-state index is 0.00780.